The van der Waals surface area contributed by atoms with Gasteiger partial charge in [0.2, 0.25) is 0 Å². The highest BCUT2D eigenvalue weighted by Crippen LogP contribution is 2.28. The highest BCUT2D eigenvalue weighted by atomic mass is 35.5. The van der Waals surface area contributed by atoms with Crippen molar-refractivity contribution in [3.05, 3.63) is 77.3 Å². The van der Waals surface area contributed by atoms with Gasteiger partial charge in [0, 0.05) is 30.4 Å². The number of phenols is 1. The lowest BCUT2D eigenvalue weighted by atomic mass is 10.1. The molecule has 0 heterocycles. The Kier molecular flexibility index (Phi) is 6.19. The number of hydrogen-bond donors (Lipinski definition) is 3. The number of carbonyl (C=O) groups is 1. The molecule has 0 aliphatic heterocycles. The summed E-state index contributed by atoms with van der Waals surface area (Å²) in [7, 11) is -0.263. The topological polar surface area (TPSA) is 98.7 Å². The number of aromatic hydroxyl groups is 1. The summed E-state index contributed by atoms with van der Waals surface area (Å²) in [5.41, 5.74) is 1.46. The molecule has 7 nitrogen and oxygen atoms in total. The van der Waals surface area contributed by atoms with Crippen molar-refractivity contribution >= 4 is 44.6 Å². The first-order chi connectivity index (χ1) is 14.2. The molecule has 156 valence electrons. The quantitative estimate of drug-likeness (QED) is 0.495. The normalized spacial score (nSPS) is 11.0. The van der Waals surface area contributed by atoms with Gasteiger partial charge < -0.3 is 15.3 Å². The Morgan fingerprint density at radius 2 is 1.73 bits per heavy atom. The van der Waals surface area contributed by atoms with E-state index < -0.39 is 15.9 Å². The third-order valence-electron chi connectivity index (χ3n) is 4.23. The number of nitrogens with zero attached hydrogens (tertiary/aromatic N) is 1. The Hall–Kier alpha value is -3.23. The van der Waals surface area contributed by atoms with Crippen molar-refractivity contribution < 1.29 is 18.3 Å². The summed E-state index contributed by atoms with van der Waals surface area (Å²) >= 11 is 5.89. The van der Waals surface area contributed by atoms with Gasteiger partial charge in [-0.25, -0.2) is 8.42 Å². The lowest BCUT2D eigenvalue weighted by Crippen LogP contribution is -2.16. The number of rotatable bonds is 6. The van der Waals surface area contributed by atoms with E-state index in [0.717, 1.165) is 5.69 Å². The highest BCUT2D eigenvalue weighted by molar-refractivity contribution is 7.92. The summed E-state index contributed by atoms with van der Waals surface area (Å²) in [4.78, 5) is 14.3. The molecule has 0 atom stereocenters. The molecule has 0 aliphatic rings. The molecule has 3 N–H and O–H groups in total. The van der Waals surface area contributed by atoms with Crippen molar-refractivity contribution in [1.29, 1.82) is 0 Å². The van der Waals surface area contributed by atoms with Gasteiger partial charge in [-0.05, 0) is 54.6 Å². The van der Waals surface area contributed by atoms with Gasteiger partial charge in [0.05, 0.1) is 16.3 Å². The van der Waals surface area contributed by atoms with Crippen molar-refractivity contribution in [1.82, 2.24) is 0 Å². The number of anilines is 3. The average Bonchev–Trinajstić information content (AvgIpc) is 2.69. The number of halogens is 1. The van der Waals surface area contributed by atoms with Gasteiger partial charge in [-0.3, -0.25) is 9.52 Å². The summed E-state index contributed by atoms with van der Waals surface area (Å²) in [6.07, 6.45) is 0. The Morgan fingerprint density at radius 1 is 1.00 bits per heavy atom. The van der Waals surface area contributed by atoms with E-state index in [1.165, 1.54) is 24.3 Å². The number of amides is 1. The molecule has 0 radical (unpaired) electrons. The molecule has 0 unspecified atom stereocenters. The third-order valence-corrected chi connectivity index (χ3v) is 5.84. The second kappa shape index (κ2) is 8.64. The Labute approximate surface area is 180 Å². The predicted octanol–water partition coefficient (Wildman–Crippen LogP) is 4.16. The molecule has 1 amide bonds. The van der Waals surface area contributed by atoms with E-state index in [0.29, 0.717) is 16.3 Å². The molecule has 3 rings (SSSR count). The van der Waals surface area contributed by atoms with Crippen LogP contribution in [0.3, 0.4) is 0 Å². The molecule has 30 heavy (non-hydrogen) atoms. The standard InChI is InChI=1S/C21H20ClN3O4S/c1-25(2)17-8-3-5-14(11-17)21(27)23-19-13-18(9-10-20(19)26)30(28,29)24-16-7-4-6-15(22)12-16/h3-13,24,26H,1-2H3,(H,23,27). The van der Waals surface area contributed by atoms with Crippen LogP contribution in [-0.4, -0.2) is 33.5 Å². The molecule has 0 bridgehead atoms. The van der Waals surface area contributed by atoms with Crippen LogP contribution in [0.2, 0.25) is 5.02 Å². The summed E-state index contributed by atoms with van der Waals surface area (Å²) in [6.45, 7) is 0. The molecule has 0 saturated heterocycles. The lowest BCUT2D eigenvalue weighted by Gasteiger charge is -2.14. The highest BCUT2D eigenvalue weighted by Gasteiger charge is 2.18. The molecule has 3 aromatic carbocycles. The van der Waals surface area contributed by atoms with Gasteiger partial charge in [0.1, 0.15) is 5.75 Å². The van der Waals surface area contributed by atoms with Crippen LogP contribution in [0, 0.1) is 0 Å². The molecular weight excluding hydrogens is 426 g/mol. The van der Waals surface area contributed by atoms with Crippen LogP contribution in [-0.2, 0) is 10.0 Å². The van der Waals surface area contributed by atoms with Gasteiger partial charge >= 0.3 is 0 Å². The van der Waals surface area contributed by atoms with E-state index >= 15 is 0 Å². The minimum absolute atomic E-state index is 0.0239. The molecule has 0 saturated carbocycles. The van der Waals surface area contributed by atoms with Crippen molar-refractivity contribution in [2.75, 3.05) is 29.0 Å². The van der Waals surface area contributed by atoms with Crippen LogP contribution < -0.4 is 14.9 Å². The minimum Gasteiger partial charge on any atom is -0.506 e. The number of benzene rings is 3. The Morgan fingerprint density at radius 3 is 2.43 bits per heavy atom. The molecular formula is C21H20ClN3O4S. The summed E-state index contributed by atoms with van der Waals surface area (Å²) < 4.78 is 27.8. The minimum atomic E-state index is -3.97. The zero-order chi connectivity index (χ0) is 21.9. The van der Waals surface area contributed by atoms with Crippen molar-refractivity contribution in [2.45, 2.75) is 4.90 Å². The summed E-state index contributed by atoms with van der Waals surface area (Å²) in [5, 5.41) is 13.1. The Balaban J connectivity index is 1.86. The van der Waals surface area contributed by atoms with Crippen LogP contribution in [0.5, 0.6) is 5.75 Å². The maximum atomic E-state index is 12.7. The molecule has 3 aromatic rings. The maximum Gasteiger partial charge on any atom is 0.261 e. The first-order valence-corrected chi connectivity index (χ1v) is 10.7. The second-order valence-electron chi connectivity index (χ2n) is 6.69. The second-order valence-corrected chi connectivity index (χ2v) is 8.81. The van der Waals surface area contributed by atoms with Crippen LogP contribution in [0.4, 0.5) is 17.1 Å². The van der Waals surface area contributed by atoms with Crippen LogP contribution in [0.25, 0.3) is 0 Å². The monoisotopic (exact) mass is 445 g/mol. The fourth-order valence-corrected chi connectivity index (χ4v) is 3.93. The summed E-state index contributed by atoms with van der Waals surface area (Å²) in [5.74, 6) is -0.736. The average molecular weight is 446 g/mol. The zero-order valence-electron chi connectivity index (χ0n) is 16.3. The largest absolute Gasteiger partial charge is 0.506 e. The van der Waals surface area contributed by atoms with E-state index in [2.05, 4.69) is 10.0 Å². The molecule has 0 aliphatic carbocycles. The number of carbonyl (C=O) groups excluding carboxylic acids is 1. The van der Waals surface area contributed by atoms with Crippen LogP contribution in [0.15, 0.2) is 71.6 Å². The van der Waals surface area contributed by atoms with Gasteiger partial charge in [0.15, 0.2) is 0 Å². The first kappa shape index (κ1) is 21.5. The van der Waals surface area contributed by atoms with Gasteiger partial charge in [-0.2, -0.15) is 0 Å². The van der Waals surface area contributed by atoms with E-state index in [4.69, 9.17) is 11.6 Å². The smallest absolute Gasteiger partial charge is 0.261 e. The van der Waals surface area contributed by atoms with E-state index in [1.54, 1.807) is 36.4 Å². The van der Waals surface area contributed by atoms with Gasteiger partial charge in [-0.1, -0.05) is 23.7 Å². The molecule has 9 heteroatoms. The van der Waals surface area contributed by atoms with E-state index in [-0.39, 0.29) is 16.3 Å². The third kappa shape index (κ3) is 5.03. The fourth-order valence-electron chi connectivity index (χ4n) is 2.67. The molecule has 0 fully saturated rings. The fraction of sp³-hybridized carbons (Fsp3) is 0.0952. The number of hydrogen-bond acceptors (Lipinski definition) is 5. The van der Waals surface area contributed by atoms with Crippen LogP contribution in [0.1, 0.15) is 10.4 Å². The van der Waals surface area contributed by atoms with Crippen molar-refractivity contribution in [3.63, 3.8) is 0 Å². The SMILES string of the molecule is CN(C)c1cccc(C(=O)Nc2cc(S(=O)(=O)Nc3cccc(Cl)c3)ccc2O)c1. The van der Waals surface area contributed by atoms with Crippen LogP contribution >= 0.6 is 11.6 Å². The molecule has 0 spiro atoms. The first-order valence-electron chi connectivity index (χ1n) is 8.86. The lowest BCUT2D eigenvalue weighted by molar-refractivity contribution is 0.102. The number of sulfonamides is 1. The van der Waals surface area contributed by atoms with E-state index in [9.17, 15) is 18.3 Å². The predicted molar refractivity (Wildman–Crippen MR) is 119 cm³/mol. The maximum absolute atomic E-state index is 12.7. The van der Waals surface area contributed by atoms with Crippen molar-refractivity contribution in [2.24, 2.45) is 0 Å². The number of nitrogens with one attached hydrogen (secondary N) is 2. The van der Waals surface area contributed by atoms with E-state index in [1.807, 2.05) is 25.1 Å². The summed E-state index contributed by atoms with van der Waals surface area (Å²) in [6, 6.07) is 16.8. The van der Waals surface area contributed by atoms with Gasteiger partial charge in [-0.15, -0.1) is 0 Å². The van der Waals surface area contributed by atoms with Crippen molar-refractivity contribution in [3.8, 4) is 5.75 Å². The number of phenolic OH excluding ortho intramolecular Hbond substituents is 1. The molecule has 0 aromatic heterocycles. The Bertz CT molecular complexity index is 1200. The zero-order valence-corrected chi connectivity index (χ0v) is 17.8. The van der Waals surface area contributed by atoms with Gasteiger partial charge in [0.25, 0.3) is 15.9 Å².